The molecule has 0 spiro atoms. The highest BCUT2D eigenvalue weighted by Gasteiger charge is 2.14. The minimum Gasteiger partial charge on any atom is -0.388 e. The fourth-order valence-electron chi connectivity index (χ4n) is 1.95. The maximum atomic E-state index is 13.3. The summed E-state index contributed by atoms with van der Waals surface area (Å²) in [4.78, 5) is 0. The molecular formula is C15H13BrFIO. The van der Waals surface area contributed by atoms with Crippen LogP contribution in [0.4, 0.5) is 4.39 Å². The van der Waals surface area contributed by atoms with Gasteiger partial charge in [-0.1, -0.05) is 22.0 Å². The highest BCUT2D eigenvalue weighted by atomic mass is 127. The smallest absolute Gasteiger partial charge is 0.123 e. The van der Waals surface area contributed by atoms with Crippen LogP contribution in [0.5, 0.6) is 0 Å². The molecule has 0 heterocycles. The van der Waals surface area contributed by atoms with Gasteiger partial charge in [0.25, 0.3) is 0 Å². The third-order valence-corrected chi connectivity index (χ3v) is 4.52. The Kier molecular flexibility index (Phi) is 4.97. The predicted molar refractivity (Wildman–Crippen MR) is 86.7 cm³/mol. The highest BCUT2D eigenvalue weighted by molar-refractivity contribution is 14.1. The molecule has 4 heteroatoms. The van der Waals surface area contributed by atoms with Crippen molar-refractivity contribution in [3.8, 4) is 0 Å². The first-order valence-electron chi connectivity index (χ1n) is 5.85. The van der Waals surface area contributed by atoms with Crippen LogP contribution in [0.25, 0.3) is 0 Å². The Balaban J connectivity index is 2.27. The van der Waals surface area contributed by atoms with E-state index < -0.39 is 6.10 Å². The van der Waals surface area contributed by atoms with Gasteiger partial charge in [-0.3, -0.25) is 0 Å². The Labute approximate surface area is 134 Å². The summed E-state index contributed by atoms with van der Waals surface area (Å²) in [6.45, 7) is 1.92. The second-order valence-corrected chi connectivity index (χ2v) is 6.53. The number of halogens is 3. The molecule has 0 aromatic heterocycles. The first-order chi connectivity index (χ1) is 8.97. The lowest BCUT2D eigenvalue weighted by Gasteiger charge is -2.15. The van der Waals surface area contributed by atoms with Crippen molar-refractivity contribution in [3.05, 3.63) is 66.9 Å². The molecule has 0 bridgehead atoms. The van der Waals surface area contributed by atoms with Crippen LogP contribution >= 0.6 is 38.5 Å². The van der Waals surface area contributed by atoms with Gasteiger partial charge in [0, 0.05) is 14.5 Å². The first-order valence-corrected chi connectivity index (χ1v) is 7.72. The lowest BCUT2D eigenvalue weighted by molar-refractivity contribution is 0.177. The van der Waals surface area contributed by atoms with Gasteiger partial charge in [0.05, 0.1) is 6.10 Å². The van der Waals surface area contributed by atoms with E-state index in [2.05, 4.69) is 38.5 Å². The van der Waals surface area contributed by atoms with Crippen LogP contribution in [0.1, 0.15) is 22.8 Å². The normalized spacial score (nSPS) is 12.5. The van der Waals surface area contributed by atoms with Crippen molar-refractivity contribution < 1.29 is 9.50 Å². The van der Waals surface area contributed by atoms with Crippen molar-refractivity contribution in [1.29, 1.82) is 0 Å². The second-order valence-electron chi connectivity index (χ2n) is 4.46. The number of aliphatic hydroxyl groups is 1. The molecule has 1 atom stereocenters. The fourth-order valence-corrected chi connectivity index (χ4v) is 3.02. The number of benzene rings is 2. The van der Waals surface area contributed by atoms with Gasteiger partial charge in [0.2, 0.25) is 0 Å². The summed E-state index contributed by atoms with van der Waals surface area (Å²) in [5, 5.41) is 10.3. The average Bonchev–Trinajstić information content (AvgIpc) is 2.36. The summed E-state index contributed by atoms with van der Waals surface area (Å²) in [6, 6.07) is 10.5. The van der Waals surface area contributed by atoms with Gasteiger partial charge in [-0.15, -0.1) is 0 Å². The number of hydrogen-bond acceptors (Lipinski definition) is 1. The molecular weight excluding hydrogens is 422 g/mol. The van der Waals surface area contributed by atoms with Crippen molar-refractivity contribution in [2.24, 2.45) is 0 Å². The lowest BCUT2D eigenvalue weighted by atomic mass is 9.98. The Morgan fingerprint density at radius 1 is 1.26 bits per heavy atom. The molecule has 0 fully saturated rings. The Morgan fingerprint density at radius 2 is 2.00 bits per heavy atom. The Bertz CT molecular complexity index is 601. The largest absolute Gasteiger partial charge is 0.388 e. The lowest BCUT2D eigenvalue weighted by Crippen LogP contribution is -2.05. The third-order valence-electron chi connectivity index (χ3n) is 3.04. The minimum atomic E-state index is -0.634. The molecule has 2 aromatic rings. The van der Waals surface area contributed by atoms with Gasteiger partial charge >= 0.3 is 0 Å². The van der Waals surface area contributed by atoms with E-state index in [0.717, 1.165) is 24.7 Å². The van der Waals surface area contributed by atoms with Gasteiger partial charge in [-0.05, 0) is 76.5 Å². The van der Waals surface area contributed by atoms with Gasteiger partial charge in [-0.25, -0.2) is 4.39 Å². The summed E-state index contributed by atoms with van der Waals surface area (Å²) in [5.41, 5.74) is 2.69. The monoisotopic (exact) mass is 434 g/mol. The molecule has 100 valence electrons. The second kappa shape index (κ2) is 6.33. The highest BCUT2D eigenvalue weighted by Crippen LogP contribution is 2.27. The molecule has 0 aliphatic heterocycles. The fraction of sp³-hybridized carbons (Fsp3) is 0.200. The van der Waals surface area contributed by atoms with Gasteiger partial charge in [-0.2, -0.15) is 0 Å². The maximum absolute atomic E-state index is 13.3. The van der Waals surface area contributed by atoms with Crippen molar-refractivity contribution in [2.75, 3.05) is 0 Å². The van der Waals surface area contributed by atoms with Crippen molar-refractivity contribution in [1.82, 2.24) is 0 Å². The number of aryl methyl sites for hydroxylation is 1. The third kappa shape index (κ3) is 3.77. The summed E-state index contributed by atoms with van der Waals surface area (Å²) in [5.74, 6) is -0.267. The van der Waals surface area contributed by atoms with E-state index in [-0.39, 0.29) is 5.82 Å². The molecule has 0 amide bonds. The van der Waals surface area contributed by atoms with E-state index in [0.29, 0.717) is 6.42 Å². The van der Waals surface area contributed by atoms with Crippen LogP contribution in [0.3, 0.4) is 0 Å². The average molecular weight is 435 g/mol. The minimum absolute atomic E-state index is 0.267. The number of aliphatic hydroxyl groups excluding tert-OH is 1. The quantitative estimate of drug-likeness (QED) is 0.689. The Hall–Kier alpha value is -0.460. The van der Waals surface area contributed by atoms with Crippen molar-refractivity contribution in [3.63, 3.8) is 0 Å². The molecule has 0 radical (unpaired) electrons. The first kappa shape index (κ1) is 14.9. The van der Waals surface area contributed by atoms with Gasteiger partial charge in [0.15, 0.2) is 0 Å². The molecule has 0 aliphatic rings. The van der Waals surface area contributed by atoms with E-state index in [1.165, 1.54) is 12.1 Å². The predicted octanol–water partition coefficient (Wildman–Crippen LogP) is 4.78. The van der Waals surface area contributed by atoms with Crippen molar-refractivity contribution >= 4 is 38.5 Å². The molecule has 0 saturated carbocycles. The molecule has 1 unspecified atom stereocenters. The van der Waals surface area contributed by atoms with Crippen LogP contribution in [-0.2, 0) is 6.42 Å². The number of rotatable bonds is 3. The molecule has 0 aliphatic carbocycles. The van der Waals surface area contributed by atoms with E-state index in [9.17, 15) is 9.50 Å². The van der Waals surface area contributed by atoms with Crippen LogP contribution in [0.2, 0.25) is 0 Å². The Morgan fingerprint density at radius 3 is 2.74 bits per heavy atom. The molecule has 1 N–H and O–H groups in total. The van der Waals surface area contributed by atoms with Crippen LogP contribution < -0.4 is 0 Å². The summed E-state index contributed by atoms with van der Waals surface area (Å²) >= 11 is 5.60. The topological polar surface area (TPSA) is 20.2 Å². The molecule has 0 saturated heterocycles. The van der Waals surface area contributed by atoms with Crippen LogP contribution in [-0.4, -0.2) is 5.11 Å². The van der Waals surface area contributed by atoms with E-state index >= 15 is 0 Å². The molecule has 2 rings (SSSR count). The summed E-state index contributed by atoms with van der Waals surface area (Å²) in [6.07, 6.45) is -0.222. The van der Waals surface area contributed by atoms with Crippen LogP contribution in [0, 0.1) is 16.3 Å². The van der Waals surface area contributed by atoms with Gasteiger partial charge in [0.1, 0.15) is 5.82 Å². The van der Waals surface area contributed by atoms with E-state index in [1.807, 2.05) is 25.1 Å². The zero-order valence-corrected chi connectivity index (χ0v) is 14.1. The molecule has 19 heavy (non-hydrogen) atoms. The number of hydrogen-bond donors (Lipinski definition) is 1. The summed E-state index contributed by atoms with van der Waals surface area (Å²) in [7, 11) is 0. The zero-order chi connectivity index (χ0) is 14.0. The maximum Gasteiger partial charge on any atom is 0.123 e. The molecule has 2 aromatic carbocycles. The van der Waals surface area contributed by atoms with E-state index in [1.54, 1.807) is 6.07 Å². The van der Waals surface area contributed by atoms with Crippen molar-refractivity contribution in [2.45, 2.75) is 19.4 Å². The molecule has 1 nitrogen and oxygen atoms in total. The van der Waals surface area contributed by atoms with E-state index in [4.69, 9.17) is 0 Å². The van der Waals surface area contributed by atoms with Gasteiger partial charge < -0.3 is 5.11 Å². The standard InChI is InChI=1S/C15H13BrFIO/c1-9-2-4-12(17)6-10(9)7-15(19)13-8-11(16)3-5-14(13)18/h2-6,8,15,19H,7H2,1H3. The zero-order valence-electron chi connectivity index (χ0n) is 10.3. The SMILES string of the molecule is Cc1ccc(F)cc1CC(O)c1cc(Br)ccc1I. The summed E-state index contributed by atoms with van der Waals surface area (Å²) < 4.78 is 15.2. The van der Waals surface area contributed by atoms with Crippen LogP contribution in [0.15, 0.2) is 40.9 Å².